The number of hydrazone groups is 1. The van der Waals surface area contributed by atoms with E-state index in [4.69, 9.17) is 9.47 Å². The van der Waals surface area contributed by atoms with E-state index in [-0.39, 0.29) is 22.6 Å². The van der Waals surface area contributed by atoms with Gasteiger partial charge in [-0.3, -0.25) is 9.59 Å². The summed E-state index contributed by atoms with van der Waals surface area (Å²) in [6.07, 6.45) is -0.289. The standard InChI is InChI=1S/C33H26F3N3O5/c1-2-43-29-18-23(14-16-28(29)44-30(40)17-15-22-8-4-3-5-9-22)21-37-39-32(42)25-11-7-13-27(20-25)38-31(41)24-10-6-12-26(19-24)33(34,35)36/h3-21H,2H2,1H3,(H,38,41)(H,39,42)/b17-15+,37-21?. The molecule has 0 spiro atoms. The van der Waals surface area contributed by atoms with Gasteiger partial charge in [0.25, 0.3) is 11.8 Å². The predicted molar refractivity (Wildman–Crippen MR) is 160 cm³/mol. The molecule has 11 heteroatoms. The fourth-order valence-electron chi connectivity index (χ4n) is 3.84. The van der Waals surface area contributed by atoms with Crippen LogP contribution in [0.5, 0.6) is 11.5 Å². The van der Waals surface area contributed by atoms with Crippen LogP contribution in [0.1, 0.15) is 44.3 Å². The van der Waals surface area contributed by atoms with Crippen molar-refractivity contribution < 1.29 is 37.0 Å². The molecule has 4 aromatic carbocycles. The van der Waals surface area contributed by atoms with E-state index in [1.165, 1.54) is 42.6 Å². The first-order chi connectivity index (χ1) is 21.1. The van der Waals surface area contributed by atoms with Crippen molar-refractivity contribution in [1.82, 2.24) is 5.43 Å². The van der Waals surface area contributed by atoms with Gasteiger partial charge in [-0.15, -0.1) is 0 Å². The van der Waals surface area contributed by atoms with Gasteiger partial charge < -0.3 is 14.8 Å². The molecule has 2 amide bonds. The normalized spacial score (nSPS) is 11.4. The Morgan fingerprint density at radius 2 is 1.52 bits per heavy atom. The predicted octanol–water partition coefficient (Wildman–Crippen LogP) is 6.74. The maximum atomic E-state index is 13.0. The van der Waals surface area contributed by atoms with E-state index < -0.39 is 29.5 Å². The third-order valence-electron chi connectivity index (χ3n) is 5.90. The Hall–Kier alpha value is -5.71. The molecule has 0 aliphatic carbocycles. The maximum absolute atomic E-state index is 13.0. The van der Waals surface area contributed by atoms with E-state index in [1.807, 2.05) is 30.3 Å². The van der Waals surface area contributed by atoms with Gasteiger partial charge in [-0.2, -0.15) is 18.3 Å². The van der Waals surface area contributed by atoms with Gasteiger partial charge in [0.1, 0.15) is 0 Å². The van der Waals surface area contributed by atoms with Crippen LogP contribution in [0.4, 0.5) is 18.9 Å². The van der Waals surface area contributed by atoms with Crippen molar-refractivity contribution in [2.45, 2.75) is 13.1 Å². The number of benzene rings is 4. The fourth-order valence-corrected chi connectivity index (χ4v) is 3.84. The van der Waals surface area contributed by atoms with Gasteiger partial charge in [0.2, 0.25) is 0 Å². The first kappa shape index (κ1) is 31.2. The number of nitrogens with zero attached hydrogens (tertiary/aromatic N) is 1. The number of rotatable bonds is 10. The molecule has 0 saturated carbocycles. The van der Waals surface area contributed by atoms with Crippen LogP contribution < -0.4 is 20.2 Å². The van der Waals surface area contributed by atoms with E-state index >= 15 is 0 Å². The highest BCUT2D eigenvalue weighted by Crippen LogP contribution is 2.30. The Kier molecular flexibility index (Phi) is 10.3. The lowest BCUT2D eigenvalue weighted by atomic mass is 10.1. The number of nitrogens with one attached hydrogen (secondary N) is 2. The Labute approximate surface area is 250 Å². The van der Waals surface area contributed by atoms with Crippen molar-refractivity contribution >= 4 is 35.8 Å². The summed E-state index contributed by atoms with van der Waals surface area (Å²) in [5, 5.41) is 6.44. The monoisotopic (exact) mass is 601 g/mol. The number of anilines is 1. The molecule has 224 valence electrons. The van der Waals surface area contributed by atoms with Crippen molar-refractivity contribution in [3.63, 3.8) is 0 Å². The molecule has 0 saturated heterocycles. The number of carbonyl (C=O) groups excluding carboxylic acids is 3. The summed E-state index contributed by atoms with van der Waals surface area (Å²) in [4.78, 5) is 37.5. The summed E-state index contributed by atoms with van der Waals surface area (Å²) >= 11 is 0. The lowest BCUT2D eigenvalue weighted by Crippen LogP contribution is -2.18. The van der Waals surface area contributed by atoms with E-state index in [9.17, 15) is 27.6 Å². The van der Waals surface area contributed by atoms with Crippen molar-refractivity contribution in [1.29, 1.82) is 0 Å². The first-order valence-electron chi connectivity index (χ1n) is 13.3. The highest BCUT2D eigenvalue weighted by Gasteiger charge is 2.30. The molecule has 44 heavy (non-hydrogen) atoms. The summed E-state index contributed by atoms with van der Waals surface area (Å²) in [7, 11) is 0. The molecule has 2 N–H and O–H groups in total. The molecule has 0 aromatic heterocycles. The number of alkyl halides is 3. The van der Waals surface area contributed by atoms with Gasteiger partial charge in [0.15, 0.2) is 11.5 Å². The van der Waals surface area contributed by atoms with Crippen LogP contribution in [-0.2, 0) is 11.0 Å². The lowest BCUT2D eigenvalue weighted by Gasteiger charge is -2.10. The van der Waals surface area contributed by atoms with Crippen LogP contribution in [0.15, 0.2) is 108 Å². The fraction of sp³-hybridized carbons (Fsp3) is 0.0909. The van der Waals surface area contributed by atoms with Gasteiger partial charge in [0.05, 0.1) is 18.4 Å². The highest BCUT2D eigenvalue weighted by atomic mass is 19.4. The summed E-state index contributed by atoms with van der Waals surface area (Å²) in [5.74, 6) is -1.44. The van der Waals surface area contributed by atoms with Crippen LogP contribution in [0.3, 0.4) is 0 Å². The molecular weight excluding hydrogens is 575 g/mol. The van der Waals surface area contributed by atoms with Crippen LogP contribution in [0.25, 0.3) is 6.08 Å². The molecule has 4 aromatic rings. The largest absolute Gasteiger partial charge is 0.490 e. The van der Waals surface area contributed by atoms with E-state index in [1.54, 1.807) is 31.2 Å². The second-order valence-corrected chi connectivity index (χ2v) is 9.12. The Bertz CT molecular complexity index is 1700. The molecule has 0 heterocycles. The number of amides is 2. The zero-order chi connectivity index (χ0) is 31.5. The van der Waals surface area contributed by atoms with Crippen molar-refractivity contribution in [2.75, 3.05) is 11.9 Å². The molecular formula is C33H26F3N3O5. The third-order valence-corrected chi connectivity index (χ3v) is 5.90. The van der Waals surface area contributed by atoms with Crippen molar-refractivity contribution in [3.05, 3.63) is 131 Å². The number of carbonyl (C=O) groups is 3. The molecule has 0 radical (unpaired) electrons. The SMILES string of the molecule is CCOc1cc(C=NNC(=O)c2cccc(NC(=O)c3cccc(C(F)(F)F)c3)c2)ccc1OC(=O)/C=C/c1ccccc1. The second-order valence-electron chi connectivity index (χ2n) is 9.12. The lowest BCUT2D eigenvalue weighted by molar-refractivity contribution is -0.137. The summed E-state index contributed by atoms with van der Waals surface area (Å²) in [6, 6.07) is 23.9. The van der Waals surface area contributed by atoms with Gasteiger partial charge in [-0.25, -0.2) is 10.2 Å². The molecule has 0 unspecified atom stereocenters. The smallest absolute Gasteiger partial charge is 0.416 e. The summed E-state index contributed by atoms with van der Waals surface area (Å²) in [5.41, 5.74) is 2.96. The molecule has 8 nitrogen and oxygen atoms in total. The zero-order valence-electron chi connectivity index (χ0n) is 23.3. The molecule has 4 rings (SSSR count). The molecule has 0 atom stereocenters. The minimum atomic E-state index is -4.59. The van der Waals surface area contributed by atoms with E-state index in [2.05, 4.69) is 15.8 Å². The third kappa shape index (κ3) is 8.89. The maximum Gasteiger partial charge on any atom is 0.416 e. The molecule has 0 fully saturated rings. The van der Waals surface area contributed by atoms with Crippen LogP contribution in [0, 0.1) is 0 Å². The Morgan fingerprint density at radius 1 is 0.795 bits per heavy atom. The van der Waals surface area contributed by atoms with Crippen molar-refractivity contribution in [2.24, 2.45) is 5.10 Å². The number of hydrogen-bond donors (Lipinski definition) is 2. The minimum Gasteiger partial charge on any atom is -0.490 e. The van der Waals surface area contributed by atoms with Gasteiger partial charge in [-0.05, 0) is 78.7 Å². The molecule has 0 bridgehead atoms. The number of hydrogen-bond acceptors (Lipinski definition) is 6. The Balaban J connectivity index is 1.37. The summed E-state index contributed by atoms with van der Waals surface area (Å²) in [6.45, 7) is 2.08. The van der Waals surface area contributed by atoms with Crippen LogP contribution in [-0.4, -0.2) is 30.6 Å². The zero-order valence-corrected chi connectivity index (χ0v) is 23.3. The first-order valence-corrected chi connectivity index (χ1v) is 13.3. The number of esters is 1. The number of halogens is 3. The summed E-state index contributed by atoms with van der Waals surface area (Å²) < 4.78 is 50.0. The van der Waals surface area contributed by atoms with Gasteiger partial charge >= 0.3 is 12.1 Å². The quantitative estimate of drug-likeness (QED) is 0.0689. The minimum absolute atomic E-state index is 0.143. The van der Waals surface area contributed by atoms with E-state index in [0.29, 0.717) is 17.9 Å². The second kappa shape index (κ2) is 14.5. The number of ether oxygens (including phenoxy) is 2. The van der Waals surface area contributed by atoms with Gasteiger partial charge in [-0.1, -0.05) is 42.5 Å². The van der Waals surface area contributed by atoms with E-state index in [0.717, 1.165) is 23.8 Å². The highest BCUT2D eigenvalue weighted by molar-refractivity contribution is 6.05. The van der Waals surface area contributed by atoms with Crippen molar-refractivity contribution in [3.8, 4) is 11.5 Å². The Morgan fingerprint density at radius 3 is 2.25 bits per heavy atom. The van der Waals surface area contributed by atoms with Crippen LogP contribution in [0.2, 0.25) is 0 Å². The van der Waals surface area contributed by atoms with Gasteiger partial charge in [0, 0.05) is 22.9 Å². The molecule has 0 aliphatic rings. The molecule has 0 aliphatic heterocycles. The van der Waals surface area contributed by atoms with Crippen LogP contribution >= 0.6 is 0 Å². The average Bonchev–Trinajstić information content (AvgIpc) is 3.01. The average molecular weight is 602 g/mol. The topological polar surface area (TPSA) is 106 Å².